The van der Waals surface area contributed by atoms with E-state index in [1.807, 2.05) is 0 Å². The topological polar surface area (TPSA) is 43.4 Å². The number of rotatable bonds is 0. The van der Waals surface area contributed by atoms with Crippen molar-refractivity contribution in [2.75, 3.05) is 0 Å². The molecule has 2 rings (SSSR count). The minimum Gasteiger partial charge on any atom is -0.447 e. The summed E-state index contributed by atoms with van der Waals surface area (Å²) in [5.41, 5.74) is -0.373. The maximum absolute atomic E-state index is 11.6. The summed E-state index contributed by atoms with van der Waals surface area (Å²) >= 11 is 0. The summed E-state index contributed by atoms with van der Waals surface area (Å²) < 4.78 is 5.13. The predicted molar refractivity (Wildman–Crippen MR) is 46.1 cm³/mol. The molecular weight excluding hydrogens is 168 g/mol. The van der Waals surface area contributed by atoms with Crippen LogP contribution in [0.1, 0.15) is 32.1 Å². The van der Waals surface area contributed by atoms with Crippen molar-refractivity contribution in [2.24, 2.45) is 0 Å². The molecule has 0 aromatic carbocycles. The highest BCUT2D eigenvalue weighted by molar-refractivity contribution is 5.99. The van der Waals surface area contributed by atoms with Crippen molar-refractivity contribution in [3.63, 3.8) is 0 Å². The maximum atomic E-state index is 11.6. The minimum absolute atomic E-state index is 0.0748. The SMILES string of the molecule is C=C1CC2(CCCCC2=O)OC1=O. The van der Waals surface area contributed by atoms with Crippen LogP contribution in [0.3, 0.4) is 0 Å². The summed E-state index contributed by atoms with van der Waals surface area (Å²) in [6, 6.07) is 0. The molecule has 1 spiro atoms. The molecule has 3 heteroatoms. The third kappa shape index (κ3) is 1.19. The first-order valence-corrected chi connectivity index (χ1v) is 4.58. The molecule has 1 aliphatic carbocycles. The summed E-state index contributed by atoms with van der Waals surface area (Å²) in [6.07, 6.45) is 3.51. The molecule has 1 atom stereocenters. The Kier molecular flexibility index (Phi) is 1.75. The van der Waals surface area contributed by atoms with Gasteiger partial charge in [0.2, 0.25) is 0 Å². The van der Waals surface area contributed by atoms with Gasteiger partial charge < -0.3 is 4.74 Å². The molecule has 3 nitrogen and oxygen atoms in total. The molecule has 70 valence electrons. The molecule has 0 amide bonds. The van der Waals surface area contributed by atoms with Gasteiger partial charge in [-0.2, -0.15) is 0 Å². The van der Waals surface area contributed by atoms with Crippen LogP contribution in [0.25, 0.3) is 0 Å². The summed E-state index contributed by atoms with van der Waals surface area (Å²) in [5, 5.41) is 0. The first-order chi connectivity index (χ1) is 6.14. The Hall–Kier alpha value is -1.12. The molecule has 2 fully saturated rings. The lowest BCUT2D eigenvalue weighted by atomic mass is 9.81. The van der Waals surface area contributed by atoms with E-state index in [-0.39, 0.29) is 5.78 Å². The molecule has 1 heterocycles. The molecule has 0 N–H and O–H groups in total. The summed E-state index contributed by atoms with van der Waals surface area (Å²) in [5.74, 6) is -0.319. The maximum Gasteiger partial charge on any atom is 0.334 e. The van der Waals surface area contributed by atoms with E-state index in [9.17, 15) is 9.59 Å². The molecular formula is C10H12O3. The van der Waals surface area contributed by atoms with Crippen molar-refractivity contribution < 1.29 is 14.3 Å². The van der Waals surface area contributed by atoms with E-state index >= 15 is 0 Å². The molecule has 2 aliphatic rings. The molecule has 0 bridgehead atoms. The van der Waals surface area contributed by atoms with E-state index in [0.29, 0.717) is 24.8 Å². The number of ether oxygens (including phenoxy) is 1. The average molecular weight is 180 g/mol. The number of Topliss-reactive ketones (excluding diaryl/α,β-unsaturated/α-hetero) is 1. The molecule has 1 saturated carbocycles. The minimum atomic E-state index is -0.813. The van der Waals surface area contributed by atoms with Crippen LogP contribution in [0.2, 0.25) is 0 Å². The lowest BCUT2D eigenvalue weighted by molar-refractivity contribution is -0.159. The standard InChI is InChI=1S/C10H12O3/c1-7-6-10(13-9(7)12)5-3-2-4-8(10)11/h1-6H2. The van der Waals surface area contributed by atoms with Crippen LogP contribution in [0.15, 0.2) is 12.2 Å². The second-order valence-electron chi connectivity index (χ2n) is 3.79. The van der Waals surface area contributed by atoms with Gasteiger partial charge in [-0.05, 0) is 19.3 Å². The Morgan fingerprint density at radius 3 is 2.62 bits per heavy atom. The fourth-order valence-corrected chi connectivity index (χ4v) is 2.06. The van der Waals surface area contributed by atoms with Crippen LogP contribution >= 0.6 is 0 Å². The molecule has 0 radical (unpaired) electrons. The van der Waals surface area contributed by atoms with Crippen molar-refractivity contribution in [1.29, 1.82) is 0 Å². The quantitative estimate of drug-likeness (QED) is 0.417. The highest BCUT2D eigenvalue weighted by Gasteiger charge is 2.49. The zero-order valence-corrected chi connectivity index (χ0v) is 7.47. The summed E-state index contributed by atoms with van der Waals surface area (Å²) in [6.45, 7) is 3.59. The van der Waals surface area contributed by atoms with E-state index in [1.54, 1.807) is 0 Å². The van der Waals surface area contributed by atoms with E-state index < -0.39 is 11.6 Å². The van der Waals surface area contributed by atoms with E-state index in [0.717, 1.165) is 12.8 Å². The van der Waals surface area contributed by atoms with Gasteiger partial charge in [0, 0.05) is 18.4 Å². The van der Waals surface area contributed by atoms with Crippen molar-refractivity contribution in [2.45, 2.75) is 37.7 Å². The predicted octanol–water partition coefficient (Wildman–Crippen LogP) is 1.37. The molecule has 13 heavy (non-hydrogen) atoms. The Bertz CT molecular complexity index is 275. The van der Waals surface area contributed by atoms with E-state index in [4.69, 9.17) is 4.74 Å². The fraction of sp³-hybridized carbons (Fsp3) is 0.600. The number of esters is 1. The summed E-state index contributed by atoms with van der Waals surface area (Å²) in [4.78, 5) is 22.7. The van der Waals surface area contributed by atoms with E-state index in [1.165, 1.54) is 0 Å². The van der Waals surface area contributed by atoms with Gasteiger partial charge in [-0.3, -0.25) is 4.79 Å². The smallest absolute Gasteiger partial charge is 0.334 e. The van der Waals surface area contributed by atoms with Crippen LogP contribution in [-0.4, -0.2) is 17.4 Å². The van der Waals surface area contributed by atoms with Gasteiger partial charge in [0.05, 0.1) is 0 Å². The average Bonchev–Trinajstić information content (AvgIpc) is 2.36. The fourth-order valence-electron chi connectivity index (χ4n) is 2.06. The molecule has 0 aromatic heterocycles. The summed E-state index contributed by atoms with van der Waals surface area (Å²) in [7, 11) is 0. The van der Waals surface area contributed by atoms with E-state index in [2.05, 4.69) is 6.58 Å². The van der Waals surface area contributed by atoms with Crippen LogP contribution < -0.4 is 0 Å². The number of carbonyl (C=O) groups excluding carboxylic acids is 2. The number of hydrogen-bond donors (Lipinski definition) is 0. The highest BCUT2D eigenvalue weighted by Crippen LogP contribution is 2.39. The van der Waals surface area contributed by atoms with Crippen LogP contribution in [-0.2, 0) is 14.3 Å². The lowest BCUT2D eigenvalue weighted by Gasteiger charge is -2.29. The van der Waals surface area contributed by atoms with Crippen molar-refractivity contribution in [3.8, 4) is 0 Å². The van der Waals surface area contributed by atoms with Crippen molar-refractivity contribution in [1.82, 2.24) is 0 Å². The first kappa shape index (κ1) is 8.48. The molecule has 1 aliphatic heterocycles. The molecule has 1 unspecified atom stereocenters. The third-order valence-electron chi connectivity index (χ3n) is 2.82. The second kappa shape index (κ2) is 2.69. The van der Waals surface area contributed by atoms with Crippen LogP contribution in [0.4, 0.5) is 0 Å². The van der Waals surface area contributed by atoms with Gasteiger partial charge in [0.1, 0.15) is 0 Å². The Morgan fingerprint density at radius 2 is 2.08 bits per heavy atom. The number of ketones is 1. The van der Waals surface area contributed by atoms with Gasteiger partial charge in [-0.1, -0.05) is 6.58 Å². The van der Waals surface area contributed by atoms with Gasteiger partial charge >= 0.3 is 5.97 Å². The van der Waals surface area contributed by atoms with Gasteiger partial charge in [0.15, 0.2) is 11.4 Å². The Labute approximate surface area is 76.8 Å². The van der Waals surface area contributed by atoms with Gasteiger partial charge in [-0.25, -0.2) is 4.79 Å². The highest BCUT2D eigenvalue weighted by atomic mass is 16.6. The van der Waals surface area contributed by atoms with Crippen molar-refractivity contribution >= 4 is 11.8 Å². The Morgan fingerprint density at radius 1 is 1.31 bits per heavy atom. The third-order valence-corrected chi connectivity index (χ3v) is 2.82. The van der Waals surface area contributed by atoms with Gasteiger partial charge in [-0.15, -0.1) is 0 Å². The molecule has 0 aromatic rings. The van der Waals surface area contributed by atoms with Crippen LogP contribution in [0.5, 0.6) is 0 Å². The zero-order chi connectivity index (χ0) is 9.47. The van der Waals surface area contributed by atoms with Crippen LogP contribution in [0, 0.1) is 0 Å². The lowest BCUT2D eigenvalue weighted by Crippen LogP contribution is -2.40. The van der Waals surface area contributed by atoms with Crippen molar-refractivity contribution in [3.05, 3.63) is 12.2 Å². The zero-order valence-electron chi connectivity index (χ0n) is 7.47. The molecule has 1 saturated heterocycles. The number of carbonyl (C=O) groups is 2. The first-order valence-electron chi connectivity index (χ1n) is 4.58. The number of hydrogen-bond acceptors (Lipinski definition) is 3. The normalized spacial score (nSPS) is 34.0. The monoisotopic (exact) mass is 180 g/mol. The largest absolute Gasteiger partial charge is 0.447 e. The van der Waals surface area contributed by atoms with Gasteiger partial charge in [0.25, 0.3) is 0 Å². The second-order valence-corrected chi connectivity index (χ2v) is 3.79. The Balaban J connectivity index is 2.25.